The maximum absolute atomic E-state index is 13.6. The first kappa shape index (κ1) is 36.3. The van der Waals surface area contributed by atoms with E-state index in [9.17, 15) is 27.6 Å². The van der Waals surface area contributed by atoms with Gasteiger partial charge in [-0.3, -0.25) is 19.2 Å². The third-order valence-corrected chi connectivity index (χ3v) is 8.28. The number of carbonyl (C=O) groups excluding carboxylic acids is 4. The number of hydrogen-bond acceptors (Lipinski definition) is 12. The Morgan fingerprint density at radius 1 is 0.870 bits per heavy atom. The SMILES string of the molecule is CC(=O)OC[C@H]1O[C@@H](Oc2ccccc2OS(=O)(=O)N(C)[C@H](C(=O)N(C)c2ccccc2)C(C)C)C[C@@H](OC(C)=O)[C@H]1OC(C)=O. The zero-order valence-corrected chi connectivity index (χ0v) is 27.6. The molecule has 2 aromatic rings. The van der Waals surface area contributed by atoms with Crippen molar-refractivity contribution in [3.05, 3.63) is 54.6 Å². The van der Waals surface area contributed by atoms with E-state index in [0.717, 1.165) is 4.31 Å². The normalized spacial score (nSPS) is 20.4. The van der Waals surface area contributed by atoms with Crippen molar-refractivity contribution in [3.8, 4) is 11.5 Å². The molecule has 1 saturated heterocycles. The van der Waals surface area contributed by atoms with Crippen LogP contribution in [0.3, 0.4) is 0 Å². The van der Waals surface area contributed by atoms with Crippen LogP contribution >= 0.6 is 0 Å². The van der Waals surface area contributed by atoms with Crippen LogP contribution in [0.4, 0.5) is 5.69 Å². The van der Waals surface area contributed by atoms with Gasteiger partial charge in [0.1, 0.15) is 24.9 Å². The van der Waals surface area contributed by atoms with Crippen LogP contribution in [0.1, 0.15) is 41.0 Å². The van der Waals surface area contributed by atoms with E-state index in [-0.39, 0.29) is 24.5 Å². The number of carbonyl (C=O) groups is 4. The van der Waals surface area contributed by atoms with Crippen LogP contribution in [-0.4, -0.2) is 87.9 Å². The number of anilines is 1. The Hall–Kier alpha value is -4.21. The summed E-state index contributed by atoms with van der Waals surface area (Å²) in [5.74, 6) is -3.14. The van der Waals surface area contributed by atoms with E-state index in [4.69, 9.17) is 27.9 Å². The molecule has 1 aliphatic heterocycles. The molecule has 1 fully saturated rings. The largest absolute Gasteiger partial charge is 0.463 e. The maximum Gasteiger partial charge on any atom is 0.385 e. The molecular weight excluding hydrogens is 624 g/mol. The van der Waals surface area contributed by atoms with E-state index < -0.39 is 70.7 Å². The highest BCUT2D eigenvalue weighted by molar-refractivity contribution is 7.84. The van der Waals surface area contributed by atoms with E-state index in [1.165, 1.54) is 50.9 Å². The Morgan fingerprint density at radius 2 is 1.46 bits per heavy atom. The summed E-state index contributed by atoms with van der Waals surface area (Å²) in [5, 5.41) is 0. The number of amides is 1. The molecular formula is C31H40N2O12S. The molecule has 15 heteroatoms. The molecule has 0 saturated carbocycles. The van der Waals surface area contributed by atoms with Gasteiger partial charge in [-0.05, 0) is 30.2 Å². The minimum atomic E-state index is -4.58. The van der Waals surface area contributed by atoms with E-state index in [1.54, 1.807) is 57.3 Å². The van der Waals surface area contributed by atoms with Crippen molar-refractivity contribution in [2.75, 3.05) is 25.6 Å². The summed E-state index contributed by atoms with van der Waals surface area (Å²) in [7, 11) is -1.76. The van der Waals surface area contributed by atoms with Gasteiger partial charge in [0.2, 0.25) is 12.2 Å². The van der Waals surface area contributed by atoms with Crippen molar-refractivity contribution in [1.29, 1.82) is 0 Å². The summed E-state index contributed by atoms with van der Waals surface area (Å²) >= 11 is 0. The van der Waals surface area contributed by atoms with Gasteiger partial charge in [-0.15, -0.1) is 0 Å². The third kappa shape index (κ3) is 9.64. The number of likely N-dealkylation sites (N-methyl/N-ethyl adjacent to an activating group) is 2. The van der Waals surface area contributed by atoms with Crippen LogP contribution < -0.4 is 13.8 Å². The third-order valence-electron chi connectivity index (χ3n) is 6.96. The van der Waals surface area contributed by atoms with E-state index in [2.05, 4.69) is 0 Å². The van der Waals surface area contributed by atoms with Crippen LogP contribution in [0.5, 0.6) is 11.5 Å². The highest BCUT2D eigenvalue weighted by Gasteiger charge is 2.45. The molecule has 0 spiro atoms. The average Bonchev–Trinajstić information content (AvgIpc) is 2.97. The monoisotopic (exact) mass is 664 g/mol. The first-order chi connectivity index (χ1) is 21.6. The topological polar surface area (TPSA) is 164 Å². The molecule has 0 aliphatic carbocycles. The lowest BCUT2D eigenvalue weighted by molar-refractivity contribution is -0.245. The van der Waals surface area contributed by atoms with Crippen LogP contribution in [0.15, 0.2) is 54.6 Å². The highest BCUT2D eigenvalue weighted by atomic mass is 32.2. The highest BCUT2D eigenvalue weighted by Crippen LogP contribution is 2.34. The number of hydrogen-bond donors (Lipinski definition) is 0. The molecule has 0 radical (unpaired) electrons. The molecule has 3 rings (SSSR count). The Morgan fingerprint density at radius 3 is 2.02 bits per heavy atom. The minimum Gasteiger partial charge on any atom is -0.463 e. The zero-order valence-electron chi connectivity index (χ0n) is 26.8. The van der Waals surface area contributed by atoms with Crippen LogP contribution in [-0.2, 0) is 48.4 Å². The molecule has 1 amide bonds. The van der Waals surface area contributed by atoms with Gasteiger partial charge in [0.05, 0.1) is 6.42 Å². The lowest BCUT2D eigenvalue weighted by Gasteiger charge is -2.40. The molecule has 1 aliphatic rings. The number of ether oxygens (including phenoxy) is 5. The number of rotatable bonds is 13. The standard InChI is InChI=1S/C31H40N2O12S/c1-19(2)29(31(37)32(6)23-13-9-8-10-14-23)33(7)46(38,39)45-25-16-12-11-15-24(25)43-28-17-26(41-21(4)35)30(42-22(5)36)27(44-28)18-40-20(3)34/h8-16,19,26-30H,17-18H2,1-7H3/t26-,27-,28-,29+,30-/m1/s1. The lowest BCUT2D eigenvalue weighted by Crippen LogP contribution is -2.54. The lowest BCUT2D eigenvalue weighted by atomic mass is 10.0. The number of nitrogens with zero attached hydrogens (tertiary/aromatic N) is 2. The van der Waals surface area contributed by atoms with Gasteiger partial charge in [0, 0.05) is 40.6 Å². The molecule has 46 heavy (non-hydrogen) atoms. The molecule has 1 heterocycles. The molecule has 2 aromatic carbocycles. The summed E-state index contributed by atoms with van der Waals surface area (Å²) in [6.45, 7) is 6.61. The number of benzene rings is 2. The van der Waals surface area contributed by atoms with Crippen molar-refractivity contribution in [3.63, 3.8) is 0 Å². The Balaban J connectivity index is 1.86. The van der Waals surface area contributed by atoms with Gasteiger partial charge in [-0.1, -0.05) is 44.2 Å². The Labute approximate surface area is 268 Å². The zero-order chi connectivity index (χ0) is 34.2. The van der Waals surface area contributed by atoms with Crippen molar-refractivity contribution in [2.24, 2.45) is 5.92 Å². The van der Waals surface area contributed by atoms with Crippen molar-refractivity contribution in [1.82, 2.24) is 4.31 Å². The number of esters is 3. The molecule has 0 aromatic heterocycles. The van der Waals surface area contributed by atoms with Crippen molar-refractivity contribution in [2.45, 2.75) is 71.7 Å². The van der Waals surface area contributed by atoms with Gasteiger partial charge < -0.3 is 32.8 Å². The molecule has 5 atom stereocenters. The molecule has 0 unspecified atom stereocenters. The quantitative estimate of drug-likeness (QED) is 0.228. The molecule has 14 nitrogen and oxygen atoms in total. The van der Waals surface area contributed by atoms with E-state index in [1.807, 2.05) is 0 Å². The maximum atomic E-state index is 13.6. The predicted octanol–water partition coefficient (Wildman–Crippen LogP) is 2.85. The van der Waals surface area contributed by atoms with Gasteiger partial charge in [-0.2, -0.15) is 12.7 Å². The second kappa shape index (κ2) is 15.9. The van der Waals surface area contributed by atoms with Gasteiger partial charge in [-0.25, -0.2) is 0 Å². The fourth-order valence-electron chi connectivity index (χ4n) is 4.88. The molecule has 0 N–H and O–H groups in total. The average molecular weight is 665 g/mol. The first-order valence-corrected chi connectivity index (χ1v) is 15.9. The second-order valence-corrected chi connectivity index (χ2v) is 12.5. The van der Waals surface area contributed by atoms with Gasteiger partial charge in [0.25, 0.3) is 0 Å². The fourth-order valence-corrected chi connectivity index (χ4v) is 5.97. The predicted molar refractivity (Wildman–Crippen MR) is 164 cm³/mol. The molecule has 0 bridgehead atoms. The smallest absolute Gasteiger partial charge is 0.385 e. The van der Waals surface area contributed by atoms with Crippen molar-refractivity contribution < 1.29 is 55.5 Å². The van der Waals surface area contributed by atoms with Crippen LogP contribution in [0.2, 0.25) is 0 Å². The summed E-state index contributed by atoms with van der Waals surface area (Å²) in [4.78, 5) is 50.1. The van der Waals surface area contributed by atoms with E-state index in [0.29, 0.717) is 5.69 Å². The van der Waals surface area contributed by atoms with Crippen molar-refractivity contribution >= 4 is 39.8 Å². The minimum absolute atomic E-state index is 0.0583. The first-order valence-electron chi connectivity index (χ1n) is 14.5. The van der Waals surface area contributed by atoms with Gasteiger partial charge >= 0.3 is 28.2 Å². The fraction of sp³-hybridized carbons (Fsp3) is 0.484. The number of para-hydroxylation sites is 3. The summed E-state index contributed by atoms with van der Waals surface area (Å²) in [6, 6.07) is 13.6. The van der Waals surface area contributed by atoms with E-state index >= 15 is 0 Å². The van der Waals surface area contributed by atoms with Crippen LogP contribution in [0, 0.1) is 5.92 Å². The second-order valence-electron chi connectivity index (χ2n) is 10.9. The molecule has 252 valence electrons. The summed E-state index contributed by atoms with van der Waals surface area (Å²) in [5.41, 5.74) is 0.589. The van der Waals surface area contributed by atoms with Crippen LogP contribution in [0.25, 0.3) is 0 Å². The van der Waals surface area contributed by atoms with Gasteiger partial charge in [0.15, 0.2) is 17.6 Å². The summed E-state index contributed by atoms with van der Waals surface area (Å²) in [6.07, 6.45) is -4.60. The Bertz CT molecular complexity index is 1480. The Kier molecular flexibility index (Phi) is 12.5. The summed E-state index contributed by atoms with van der Waals surface area (Å²) < 4.78 is 61.2.